The summed E-state index contributed by atoms with van der Waals surface area (Å²) in [7, 11) is 0. The Kier molecular flexibility index (Phi) is 6.64. The van der Waals surface area contributed by atoms with Gasteiger partial charge >= 0.3 is 5.97 Å². The third-order valence-electron chi connectivity index (χ3n) is 4.77. The van der Waals surface area contributed by atoms with E-state index in [0.717, 1.165) is 11.1 Å². The normalized spacial score (nSPS) is 14.4. The Labute approximate surface area is 175 Å². The van der Waals surface area contributed by atoms with Crippen molar-refractivity contribution in [3.05, 3.63) is 58.6 Å². The Morgan fingerprint density at radius 1 is 1.03 bits per heavy atom. The van der Waals surface area contributed by atoms with E-state index in [1.165, 1.54) is 0 Å². The van der Waals surface area contributed by atoms with Crippen molar-refractivity contribution in [3.63, 3.8) is 0 Å². The molecule has 2 aromatic rings. The average Bonchev–Trinajstić information content (AvgIpc) is 3.15. The monoisotopic (exact) mass is 417 g/mol. The van der Waals surface area contributed by atoms with Crippen LogP contribution in [0, 0.1) is 5.92 Å². The summed E-state index contributed by atoms with van der Waals surface area (Å²) >= 11 is 5.92. The minimum absolute atomic E-state index is 0.0132. The second kappa shape index (κ2) is 9.18. The Hall–Kier alpha value is -2.73. The van der Waals surface area contributed by atoms with Crippen molar-refractivity contribution in [3.8, 4) is 11.5 Å². The van der Waals surface area contributed by atoms with Crippen molar-refractivity contribution in [2.24, 2.45) is 5.92 Å². The molecule has 2 atom stereocenters. The molecule has 1 aliphatic heterocycles. The summed E-state index contributed by atoms with van der Waals surface area (Å²) in [6.07, 6.45) is 0. The third kappa shape index (κ3) is 5.21. The Morgan fingerprint density at radius 2 is 1.69 bits per heavy atom. The number of amides is 1. The van der Waals surface area contributed by atoms with E-state index in [2.05, 4.69) is 5.32 Å². The Morgan fingerprint density at radius 3 is 2.38 bits per heavy atom. The van der Waals surface area contributed by atoms with Crippen LogP contribution in [0.3, 0.4) is 0 Å². The number of carbonyl (C=O) groups is 2. The van der Waals surface area contributed by atoms with E-state index in [0.29, 0.717) is 16.5 Å². The molecule has 0 saturated carbocycles. The van der Waals surface area contributed by atoms with Crippen molar-refractivity contribution in [2.45, 2.75) is 32.7 Å². The maximum absolute atomic E-state index is 12.6. The van der Waals surface area contributed by atoms with Crippen molar-refractivity contribution in [1.82, 2.24) is 5.32 Å². The van der Waals surface area contributed by atoms with E-state index in [-0.39, 0.29) is 31.3 Å². The van der Waals surface area contributed by atoms with Crippen LogP contribution in [0.5, 0.6) is 11.5 Å². The number of benzene rings is 2. The number of ether oxygens (including phenoxy) is 3. The first kappa shape index (κ1) is 21.0. The number of esters is 1. The number of rotatable bonds is 7. The molecule has 1 heterocycles. The maximum Gasteiger partial charge on any atom is 0.314 e. The lowest BCUT2D eigenvalue weighted by Crippen LogP contribution is -2.32. The van der Waals surface area contributed by atoms with E-state index in [1.54, 1.807) is 30.3 Å². The predicted octanol–water partition coefficient (Wildman–Crippen LogP) is 4.23. The van der Waals surface area contributed by atoms with Gasteiger partial charge in [0, 0.05) is 5.02 Å². The number of hydrogen-bond acceptors (Lipinski definition) is 5. The highest BCUT2D eigenvalue weighted by molar-refractivity contribution is 6.30. The van der Waals surface area contributed by atoms with Crippen LogP contribution in [-0.2, 0) is 14.3 Å². The SMILES string of the molecule is CC(NC(=O)COC(=O)C(c1ccc(Cl)cc1)C(C)C)c1ccc2c(c1)OCO2. The molecule has 2 aromatic carbocycles. The Balaban J connectivity index is 1.56. The van der Waals surface area contributed by atoms with Gasteiger partial charge in [-0.1, -0.05) is 43.6 Å². The van der Waals surface area contributed by atoms with Crippen LogP contribution >= 0.6 is 11.6 Å². The first-order valence-corrected chi connectivity index (χ1v) is 9.84. The summed E-state index contributed by atoms with van der Waals surface area (Å²) in [5, 5.41) is 3.43. The molecule has 0 fully saturated rings. The van der Waals surface area contributed by atoms with Crippen LogP contribution < -0.4 is 14.8 Å². The smallest absolute Gasteiger partial charge is 0.314 e. The quantitative estimate of drug-likeness (QED) is 0.682. The molecule has 0 aromatic heterocycles. The lowest BCUT2D eigenvalue weighted by molar-refractivity contribution is -0.151. The van der Waals surface area contributed by atoms with E-state index in [4.69, 9.17) is 25.8 Å². The first-order chi connectivity index (χ1) is 13.8. The molecule has 0 saturated heterocycles. The lowest BCUT2D eigenvalue weighted by atomic mass is 9.88. The van der Waals surface area contributed by atoms with E-state index in [9.17, 15) is 9.59 Å². The van der Waals surface area contributed by atoms with Crippen LogP contribution in [0.25, 0.3) is 0 Å². The zero-order chi connectivity index (χ0) is 21.0. The molecule has 1 amide bonds. The standard InChI is InChI=1S/C22H24ClNO5/c1-13(2)21(15-4-7-17(23)8-5-15)22(26)27-11-20(25)24-14(3)16-6-9-18-19(10-16)29-12-28-18/h4-10,13-14,21H,11-12H2,1-3H3,(H,24,25). The van der Waals surface area contributed by atoms with Crippen LogP contribution in [-0.4, -0.2) is 25.3 Å². The zero-order valence-electron chi connectivity index (χ0n) is 16.6. The van der Waals surface area contributed by atoms with E-state index >= 15 is 0 Å². The summed E-state index contributed by atoms with van der Waals surface area (Å²) in [4.78, 5) is 24.9. The predicted molar refractivity (Wildman–Crippen MR) is 109 cm³/mol. The van der Waals surface area contributed by atoms with Crippen molar-refractivity contribution >= 4 is 23.5 Å². The van der Waals surface area contributed by atoms with E-state index in [1.807, 2.05) is 32.9 Å². The highest BCUT2D eigenvalue weighted by Crippen LogP contribution is 2.34. The van der Waals surface area contributed by atoms with E-state index < -0.39 is 11.9 Å². The van der Waals surface area contributed by atoms with Crippen LogP contribution in [0.4, 0.5) is 0 Å². The molecule has 3 rings (SSSR count). The largest absolute Gasteiger partial charge is 0.455 e. The fraction of sp³-hybridized carbons (Fsp3) is 0.364. The summed E-state index contributed by atoms with van der Waals surface area (Å²) in [5.41, 5.74) is 1.68. The molecule has 0 bridgehead atoms. The van der Waals surface area contributed by atoms with Gasteiger partial charge in [-0.15, -0.1) is 0 Å². The second-order valence-corrected chi connectivity index (χ2v) is 7.72. The number of halogens is 1. The minimum atomic E-state index is -0.466. The van der Waals surface area contributed by atoms with Crippen LogP contribution in [0.2, 0.25) is 5.02 Å². The lowest BCUT2D eigenvalue weighted by Gasteiger charge is -2.20. The minimum Gasteiger partial charge on any atom is -0.455 e. The summed E-state index contributed by atoms with van der Waals surface area (Å²) in [6.45, 7) is 5.57. The van der Waals surface area contributed by atoms with Crippen molar-refractivity contribution in [2.75, 3.05) is 13.4 Å². The fourth-order valence-corrected chi connectivity index (χ4v) is 3.36. The molecular weight excluding hydrogens is 394 g/mol. The van der Waals surface area contributed by atoms with Crippen molar-refractivity contribution in [1.29, 1.82) is 0 Å². The zero-order valence-corrected chi connectivity index (χ0v) is 17.4. The van der Waals surface area contributed by atoms with Gasteiger partial charge < -0.3 is 19.5 Å². The molecule has 7 heteroatoms. The maximum atomic E-state index is 12.6. The first-order valence-electron chi connectivity index (χ1n) is 9.46. The molecular formula is C22H24ClNO5. The van der Waals surface area contributed by atoms with Gasteiger partial charge in [0.05, 0.1) is 12.0 Å². The molecule has 29 heavy (non-hydrogen) atoms. The number of fused-ring (bicyclic) bond motifs is 1. The highest BCUT2D eigenvalue weighted by atomic mass is 35.5. The summed E-state index contributed by atoms with van der Waals surface area (Å²) in [6, 6.07) is 12.3. The van der Waals surface area contributed by atoms with Gasteiger partial charge in [-0.2, -0.15) is 0 Å². The van der Waals surface area contributed by atoms with Crippen LogP contribution in [0.1, 0.15) is 43.9 Å². The highest BCUT2D eigenvalue weighted by Gasteiger charge is 2.26. The Bertz CT molecular complexity index is 881. The van der Waals surface area contributed by atoms with Gasteiger partial charge in [-0.25, -0.2) is 0 Å². The topological polar surface area (TPSA) is 73.9 Å². The molecule has 154 valence electrons. The number of carbonyl (C=O) groups excluding carboxylic acids is 2. The molecule has 1 N–H and O–H groups in total. The van der Waals surface area contributed by atoms with Crippen molar-refractivity contribution < 1.29 is 23.8 Å². The molecule has 1 aliphatic rings. The molecule has 6 nitrogen and oxygen atoms in total. The summed E-state index contributed by atoms with van der Waals surface area (Å²) < 4.78 is 15.9. The van der Waals surface area contributed by atoms with Gasteiger partial charge in [0.25, 0.3) is 5.91 Å². The fourth-order valence-electron chi connectivity index (χ4n) is 3.24. The molecule has 2 unspecified atom stereocenters. The summed E-state index contributed by atoms with van der Waals surface area (Å²) in [5.74, 6) is 0.0712. The van der Waals surface area contributed by atoms with Gasteiger partial charge in [0.2, 0.25) is 6.79 Å². The van der Waals surface area contributed by atoms with Gasteiger partial charge in [-0.05, 0) is 48.2 Å². The van der Waals surface area contributed by atoms with Gasteiger partial charge in [0.1, 0.15) is 0 Å². The van der Waals surface area contributed by atoms with Gasteiger partial charge in [0.15, 0.2) is 18.1 Å². The number of hydrogen-bond donors (Lipinski definition) is 1. The van der Waals surface area contributed by atoms with Gasteiger partial charge in [-0.3, -0.25) is 9.59 Å². The molecule has 0 spiro atoms. The van der Waals surface area contributed by atoms with Crippen LogP contribution in [0.15, 0.2) is 42.5 Å². The molecule has 0 radical (unpaired) electrons. The second-order valence-electron chi connectivity index (χ2n) is 7.28. The average molecular weight is 418 g/mol. The molecule has 0 aliphatic carbocycles. The number of nitrogens with one attached hydrogen (secondary N) is 1. The third-order valence-corrected chi connectivity index (χ3v) is 5.02.